The molecule has 0 saturated heterocycles. The fourth-order valence-electron chi connectivity index (χ4n) is 3.61. The molecule has 18 heavy (non-hydrogen) atoms. The highest BCUT2D eigenvalue weighted by Gasteiger charge is 2.61. The van der Waals surface area contributed by atoms with Gasteiger partial charge in [0.25, 0.3) is 0 Å². The minimum atomic E-state index is -1.16. The molecule has 1 aromatic carbocycles. The number of aliphatic hydroxyl groups is 1. The summed E-state index contributed by atoms with van der Waals surface area (Å²) >= 11 is 0. The highest BCUT2D eigenvalue weighted by Crippen LogP contribution is 2.56. The number of rotatable bonds is 2. The van der Waals surface area contributed by atoms with Gasteiger partial charge in [-0.1, -0.05) is 30.4 Å². The van der Waals surface area contributed by atoms with Crippen molar-refractivity contribution in [3.05, 3.63) is 42.5 Å². The van der Waals surface area contributed by atoms with Crippen molar-refractivity contribution < 1.29 is 9.32 Å². The van der Waals surface area contributed by atoms with Crippen molar-refractivity contribution in [3.8, 4) is 0 Å². The van der Waals surface area contributed by atoms with E-state index in [1.54, 1.807) is 0 Å². The van der Waals surface area contributed by atoms with Crippen LogP contribution in [0.5, 0.6) is 0 Å². The van der Waals surface area contributed by atoms with Crippen molar-refractivity contribution in [1.82, 2.24) is 0 Å². The van der Waals surface area contributed by atoms with Crippen molar-refractivity contribution in [3.63, 3.8) is 0 Å². The summed E-state index contributed by atoms with van der Waals surface area (Å²) in [5, 5.41) is 10.8. The van der Waals surface area contributed by atoms with Crippen LogP contribution in [0.2, 0.25) is 0 Å². The van der Waals surface area contributed by atoms with E-state index in [9.17, 15) is 9.32 Å². The van der Waals surface area contributed by atoms with E-state index in [-0.39, 0.29) is 0 Å². The maximum Gasteiger partial charge on any atom is 0.0862 e. The van der Waals surface area contributed by atoms with Gasteiger partial charge in [-0.05, 0) is 44.2 Å². The lowest BCUT2D eigenvalue weighted by Crippen LogP contribution is -2.48. The first-order chi connectivity index (χ1) is 8.57. The second kappa shape index (κ2) is 4.04. The molecule has 0 aliphatic heterocycles. The van der Waals surface area contributed by atoms with Gasteiger partial charge in [-0.15, -0.1) is 0 Å². The molecule has 2 aliphatic carbocycles. The zero-order valence-electron chi connectivity index (χ0n) is 10.4. The van der Waals surface area contributed by atoms with Gasteiger partial charge in [0.2, 0.25) is 0 Å². The fourth-order valence-corrected chi connectivity index (χ4v) is 5.65. The summed E-state index contributed by atoms with van der Waals surface area (Å²) in [7, 11) is -1.16. The van der Waals surface area contributed by atoms with Crippen molar-refractivity contribution in [2.45, 2.75) is 47.3 Å². The second-order valence-corrected chi connectivity index (χ2v) is 7.36. The summed E-state index contributed by atoms with van der Waals surface area (Å²) in [6.07, 6.45) is 3.87. The normalized spacial score (nSPS) is 36.6. The van der Waals surface area contributed by atoms with Crippen LogP contribution in [-0.2, 0) is 10.8 Å². The van der Waals surface area contributed by atoms with Gasteiger partial charge < -0.3 is 5.11 Å². The van der Waals surface area contributed by atoms with Crippen LogP contribution >= 0.6 is 0 Å². The highest BCUT2D eigenvalue weighted by molar-refractivity contribution is 7.86. The van der Waals surface area contributed by atoms with Gasteiger partial charge in [-0.25, -0.2) is 0 Å². The Morgan fingerprint density at radius 2 is 1.89 bits per heavy atom. The summed E-state index contributed by atoms with van der Waals surface area (Å²) in [5.74, 6) is 0. The van der Waals surface area contributed by atoms with Crippen molar-refractivity contribution in [1.29, 1.82) is 0 Å². The lowest BCUT2D eigenvalue weighted by Gasteiger charge is -2.35. The topological polar surface area (TPSA) is 37.3 Å². The molecule has 3 rings (SSSR count). The molecule has 3 atom stereocenters. The Morgan fingerprint density at radius 1 is 1.17 bits per heavy atom. The van der Waals surface area contributed by atoms with Gasteiger partial charge in [-0.2, -0.15) is 0 Å². The van der Waals surface area contributed by atoms with E-state index < -0.39 is 21.1 Å². The third kappa shape index (κ3) is 1.54. The SMILES string of the molecule is C=C1CC2(O)CCCC2(S(=O)c2ccccc2)C1. The van der Waals surface area contributed by atoms with Crippen molar-refractivity contribution >= 4 is 10.8 Å². The summed E-state index contributed by atoms with van der Waals surface area (Å²) in [4.78, 5) is 0.826. The Labute approximate surface area is 110 Å². The summed E-state index contributed by atoms with van der Waals surface area (Å²) in [6, 6.07) is 9.52. The first-order valence-electron chi connectivity index (χ1n) is 6.43. The zero-order valence-corrected chi connectivity index (χ0v) is 11.2. The van der Waals surface area contributed by atoms with Crippen LogP contribution in [0.15, 0.2) is 47.4 Å². The molecule has 2 nitrogen and oxygen atoms in total. The van der Waals surface area contributed by atoms with Gasteiger partial charge in [0.15, 0.2) is 0 Å². The molecule has 96 valence electrons. The molecule has 2 saturated carbocycles. The molecule has 1 N–H and O–H groups in total. The lowest BCUT2D eigenvalue weighted by atomic mass is 9.94. The van der Waals surface area contributed by atoms with Crippen molar-refractivity contribution in [2.75, 3.05) is 0 Å². The second-order valence-electron chi connectivity index (χ2n) is 5.56. The summed E-state index contributed by atoms with van der Waals surface area (Å²) < 4.78 is 12.4. The average Bonchev–Trinajstić information content (AvgIpc) is 2.79. The quantitative estimate of drug-likeness (QED) is 0.832. The lowest BCUT2D eigenvalue weighted by molar-refractivity contribution is 0.0379. The molecule has 0 spiro atoms. The van der Waals surface area contributed by atoms with E-state index in [0.717, 1.165) is 29.7 Å². The largest absolute Gasteiger partial charge is 0.388 e. The Hall–Kier alpha value is -0.930. The molecule has 2 fully saturated rings. The molecule has 0 bridgehead atoms. The molecule has 3 unspecified atom stereocenters. The standard InChI is InChI=1S/C15H18O2S/c1-12-10-14(16)8-5-9-15(14,11-12)18(17)13-6-3-2-4-7-13/h2-4,6-7,16H,1,5,8-11H2. The van der Waals surface area contributed by atoms with Crippen LogP contribution in [0.25, 0.3) is 0 Å². The Morgan fingerprint density at radius 3 is 2.61 bits per heavy atom. The number of hydrogen-bond acceptors (Lipinski definition) is 2. The van der Waals surface area contributed by atoms with Gasteiger partial charge in [0.1, 0.15) is 0 Å². The molecule has 0 heterocycles. The number of hydrogen-bond donors (Lipinski definition) is 1. The van der Waals surface area contributed by atoms with E-state index in [2.05, 4.69) is 6.58 Å². The van der Waals surface area contributed by atoms with E-state index in [1.807, 2.05) is 30.3 Å². The molecule has 1 aromatic rings. The van der Waals surface area contributed by atoms with Gasteiger partial charge in [-0.3, -0.25) is 4.21 Å². The zero-order chi connectivity index (χ0) is 12.8. The molecule has 3 heteroatoms. The molecule has 0 radical (unpaired) electrons. The van der Waals surface area contributed by atoms with E-state index in [4.69, 9.17) is 0 Å². The Balaban J connectivity index is 2.04. The summed E-state index contributed by atoms with van der Waals surface area (Å²) in [5.41, 5.74) is 0.242. The third-order valence-corrected chi connectivity index (χ3v) is 6.55. The highest BCUT2D eigenvalue weighted by atomic mass is 32.2. The van der Waals surface area contributed by atoms with E-state index >= 15 is 0 Å². The first kappa shape index (κ1) is 12.1. The van der Waals surface area contributed by atoms with Crippen LogP contribution < -0.4 is 0 Å². The molecule has 0 amide bonds. The van der Waals surface area contributed by atoms with Crippen LogP contribution in [0.4, 0.5) is 0 Å². The van der Waals surface area contributed by atoms with E-state index in [1.165, 1.54) is 0 Å². The maximum atomic E-state index is 12.9. The minimum absolute atomic E-state index is 0.495. The fraction of sp³-hybridized carbons (Fsp3) is 0.467. The first-order valence-corrected chi connectivity index (χ1v) is 7.58. The van der Waals surface area contributed by atoms with Crippen LogP contribution in [0, 0.1) is 0 Å². The molecular formula is C15H18O2S. The molecular weight excluding hydrogens is 244 g/mol. The molecule has 2 aliphatic rings. The Kier molecular flexibility index (Phi) is 2.72. The van der Waals surface area contributed by atoms with Gasteiger partial charge >= 0.3 is 0 Å². The predicted octanol–water partition coefficient (Wildman–Crippen LogP) is 2.80. The smallest absolute Gasteiger partial charge is 0.0862 e. The maximum absolute atomic E-state index is 12.9. The van der Waals surface area contributed by atoms with Gasteiger partial charge in [0.05, 0.1) is 21.1 Å². The average molecular weight is 262 g/mol. The van der Waals surface area contributed by atoms with Crippen LogP contribution in [-0.4, -0.2) is 19.7 Å². The van der Waals surface area contributed by atoms with Gasteiger partial charge in [0, 0.05) is 4.90 Å². The molecule has 0 aromatic heterocycles. The Bertz CT molecular complexity index is 510. The van der Waals surface area contributed by atoms with Crippen molar-refractivity contribution in [2.24, 2.45) is 0 Å². The van der Waals surface area contributed by atoms with E-state index in [0.29, 0.717) is 12.8 Å². The predicted molar refractivity (Wildman–Crippen MR) is 72.8 cm³/mol. The number of benzene rings is 1. The minimum Gasteiger partial charge on any atom is -0.388 e. The third-order valence-electron chi connectivity index (χ3n) is 4.41. The van der Waals surface area contributed by atoms with Crippen LogP contribution in [0.3, 0.4) is 0 Å². The summed E-state index contributed by atoms with van der Waals surface area (Å²) in [6.45, 7) is 4.01. The number of fused-ring (bicyclic) bond motifs is 1. The van der Waals surface area contributed by atoms with Crippen LogP contribution in [0.1, 0.15) is 32.1 Å². The monoisotopic (exact) mass is 262 g/mol.